The van der Waals surface area contributed by atoms with Crippen LogP contribution in [-0.2, 0) is 17.5 Å². The molecule has 2 atom stereocenters. The van der Waals surface area contributed by atoms with Gasteiger partial charge in [0.2, 0.25) is 5.95 Å². The molecular formula is C19H17F3N6O. The fraction of sp³-hybridized carbons (Fsp3) is 0.368. The van der Waals surface area contributed by atoms with Crippen LogP contribution >= 0.6 is 0 Å². The van der Waals surface area contributed by atoms with Crippen LogP contribution in [0.25, 0.3) is 11.0 Å². The van der Waals surface area contributed by atoms with E-state index < -0.39 is 11.9 Å². The van der Waals surface area contributed by atoms with Gasteiger partial charge in [-0.3, -0.25) is 4.98 Å². The van der Waals surface area contributed by atoms with E-state index in [1.54, 1.807) is 18.3 Å². The summed E-state index contributed by atoms with van der Waals surface area (Å²) < 4.78 is 45.3. The average Bonchev–Trinajstić information content (AvgIpc) is 3.35. The Morgan fingerprint density at radius 3 is 2.72 bits per heavy atom. The zero-order valence-corrected chi connectivity index (χ0v) is 15.2. The molecule has 5 heterocycles. The number of ether oxygens (including phenoxy) is 1. The topological polar surface area (TPSA) is 76.1 Å². The number of nitrogens with zero attached hydrogens (tertiary/aromatic N) is 5. The quantitative estimate of drug-likeness (QED) is 0.719. The van der Waals surface area contributed by atoms with Crippen LogP contribution in [0.5, 0.6) is 0 Å². The van der Waals surface area contributed by atoms with Crippen molar-refractivity contribution < 1.29 is 17.9 Å². The predicted molar refractivity (Wildman–Crippen MR) is 99.4 cm³/mol. The van der Waals surface area contributed by atoms with E-state index in [1.807, 2.05) is 0 Å². The zero-order valence-electron chi connectivity index (χ0n) is 15.2. The van der Waals surface area contributed by atoms with Gasteiger partial charge in [0, 0.05) is 31.0 Å². The highest BCUT2D eigenvalue weighted by Gasteiger charge is 2.40. The highest BCUT2D eigenvalue weighted by Crippen LogP contribution is 2.33. The van der Waals surface area contributed by atoms with E-state index in [9.17, 15) is 13.2 Å². The van der Waals surface area contributed by atoms with E-state index in [0.29, 0.717) is 36.0 Å². The second-order valence-corrected chi connectivity index (χ2v) is 7.11. The number of nitrogens with one attached hydrogen (secondary N) is 1. The minimum atomic E-state index is -4.52. The third kappa shape index (κ3) is 3.33. The lowest BCUT2D eigenvalue weighted by atomic mass is 10.2. The minimum absolute atomic E-state index is 0.0471. The molecule has 10 heteroatoms. The number of pyridine rings is 2. The van der Waals surface area contributed by atoms with Gasteiger partial charge in [-0.25, -0.2) is 4.98 Å². The van der Waals surface area contributed by atoms with Gasteiger partial charge in [0.05, 0.1) is 24.1 Å². The molecule has 0 spiro atoms. The first-order valence-electron chi connectivity index (χ1n) is 9.25. The monoisotopic (exact) mass is 402 g/mol. The van der Waals surface area contributed by atoms with Crippen molar-refractivity contribution >= 4 is 22.8 Å². The van der Waals surface area contributed by atoms with Crippen molar-refractivity contribution in [1.82, 2.24) is 19.9 Å². The van der Waals surface area contributed by atoms with Gasteiger partial charge in [-0.05, 0) is 24.6 Å². The zero-order chi connectivity index (χ0) is 20.0. The Kier molecular flexibility index (Phi) is 4.23. The van der Waals surface area contributed by atoms with Crippen molar-refractivity contribution in [3.63, 3.8) is 0 Å². The van der Waals surface area contributed by atoms with Crippen LogP contribution in [0.15, 0.2) is 36.7 Å². The summed E-state index contributed by atoms with van der Waals surface area (Å²) in [5.41, 5.74) is -0.366. The highest BCUT2D eigenvalue weighted by molar-refractivity contribution is 5.87. The first kappa shape index (κ1) is 18.0. The summed E-state index contributed by atoms with van der Waals surface area (Å²) in [6, 6.07) is 6.64. The van der Waals surface area contributed by atoms with Gasteiger partial charge in [0.1, 0.15) is 11.5 Å². The summed E-state index contributed by atoms with van der Waals surface area (Å²) in [7, 11) is 0. The molecule has 3 aromatic heterocycles. The number of aromatic nitrogens is 4. The molecule has 0 aliphatic carbocycles. The van der Waals surface area contributed by atoms with Gasteiger partial charge in [0.25, 0.3) is 0 Å². The molecule has 5 rings (SSSR count). The number of anilines is 2. The minimum Gasteiger partial charge on any atom is -0.374 e. The lowest BCUT2D eigenvalue weighted by molar-refractivity contribution is -0.141. The molecule has 0 radical (unpaired) electrons. The molecule has 2 fully saturated rings. The van der Waals surface area contributed by atoms with Crippen molar-refractivity contribution in [2.45, 2.75) is 31.3 Å². The lowest BCUT2D eigenvalue weighted by Crippen LogP contribution is -2.38. The van der Waals surface area contributed by atoms with Crippen LogP contribution in [-0.4, -0.2) is 45.2 Å². The average molecular weight is 402 g/mol. The molecule has 2 saturated heterocycles. The van der Waals surface area contributed by atoms with Crippen LogP contribution in [0.3, 0.4) is 0 Å². The fourth-order valence-electron chi connectivity index (χ4n) is 3.87. The maximum atomic E-state index is 13.2. The molecular weight excluding hydrogens is 385 g/mol. The smallest absolute Gasteiger partial charge is 0.374 e. The number of halogens is 3. The number of hydrogen-bond donors (Lipinski definition) is 1. The molecule has 2 unspecified atom stereocenters. The maximum absolute atomic E-state index is 13.2. The van der Waals surface area contributed by atoms with Crippen molar-refractivity contribution in [1.29, 1.82) is 0 Å². The normalized spacial score (nSPS) is 21.1. The number of rotatable bonds is 4. The molecule has 0 aromatic carbocycles. The predicted octanol–water partition coefficient (Wildman–Crippen LogP) is 3.03. The summed E-state index contributed by atoms with van der Waals surface area (Å²) >= 11 is 0. The van der Waals surface area contributed by atoms with Crippen LogP contribution in [0.4, 0.5) is 24.9 Å². The Morgan fingerprint density at radius 1 is 1.14 bits per heavy atom. The number of fused-ring (bicyclic) bond motifs is 3. The molecule has 2 aliphatic rings. The van der Waals surface area contributed by atoms with Gasteiger partial charge in [-0.15, -0.1) is 0 Å². The van der Waals surface area contributed by atoms with Crippen molar-refractivity contribution in [2.24, 2.45) is 0 Å². The van der Waals surface area contributed by atoms with Crippen LogP contribution in [0.2, 0.25) is 0 Å². The Hall–Kier alpha value is -3.01. The second kappa shape index (κ2) is 6.80. The highest BCUT2D eigenvalue weighted by atomic mass is 19.4. The molecule has 29 heavy (non-hydrogen) atoms. The third-order valence-corrected chi connectivity index (χ3v) is 5.22. The van der Waals surface area contributed by atoms with Crippen molar-refractivity contribution in [3.8, 4) is 0 Å². The summed E-state index contributed by atoms with van der Waals surface area (Å²) in [5, 5.41) is 3.68. The van der Waals surface area contributed by atoms with Gasteiger partial charge in [-0.2, -0.15) is 23.1 Å². The van der Waals surface area contributed by atoms with E-state index in [-0.39, 0.29) is 24.3 Å². The molecule has 3 aromatic rings. The van der Waals surface area contributed by atoms with E-state index in [0.717, 1.165) is 12.6 Å². The Labute approximate surface area is 164 Å². The Balaban J connectivity index is 1.49. The van der Waals surface area contributed by atoms with Gasteiger partial charge < -0.3 is 15.0 Å². The van der Waals surface area contributed by atoms with Crippen LogP contribution in [0, 0.1) is 0 Å². The number of hydrogen-bond acceptors (Lipinski definition) is 7. The third-order valence-electron chi connectivity index (χ3n) is 5.22. The molecule has 2 aliphatic heterocycles. The molecule has 7 nitrogen and oxygen atoms in total. The second-order valence-electron chi connectivity index (χ2n) is 7.11. The van der Waals surface area contributed by atoms with Gasteiger partial charge in [-0.1, -0.05) is 6.07 Å². The largest absolute Gasteiger partial charge is 0.433 e. The van der Waals surface area contributed by atoms with Gasteiger partial charge >= 0.3 is 6.18 Å². The van der Waals surface area contributed by atoms with E-state index >= 15 is 0 Å². The van der Waals surface area contributed by atoms with E-state index in [2.05, 4.69) is 30.2 Å². The Bertz CT molecular complexity index is 1060. The molecule has 0 amide bonds. The summed E-state index contributed by atoms with van der Waals surface area (Å²) in [4.78, 5) is 19.1. The summed E-state index contributed by atoms with van der Waals surface area (Å²) in [5.74, 6) is 0.954. The van der Waals surface area contributed by atoms with Crippen molar-refractivity contribution in [2.75, 3.05) is 23.4 Å². The first-order chi connectivity index (χ1) is 14.0. The number of morpholine rings is 1. The van der Waals surface area contributed by atoms with Crippen LogP contribution in [0.1, 0.15) is 17.7 Å². The molecule has 1 N–H and O–H groups in total. The van der Waals surface area contributed by atoms with Gasteiger partial charge in [0.15, 0.2) is 5.65 Å². The summed E-state index contributed by atoms with van der Waals surface area (Å²) in [6.45, 7) is 1.25. The summed E-state index contributed by atoms with van der Waals surface area (Å²) in [6.07, 6.45) is -0.654. The number of alkyl halides is 3. The fourth-order valence-corrected chi connectivity index (χ4v) is 3.87. The SMILES string of the molecule is FC(F)(F)c1ncccc1CNc1nc(N2CC3CC2CO3)nc2ncccc12. The first-order valence-corrected chi connectivity index (χ1v) is 9.25. The molecule has 0 saturated carbocycles. The Morgan fingerprint density at radius 2 is 1.97 bits per heavy atom. The standard InChI is InChI=1S/C19H17F3N6O/c20-19(21,22)15-11(3-1-5-23-15)8-25-17-14-4-2-6-24-16(14)26-18(27-17)28-9-13-7-12(28)10-29-13/h1-6,12-13H,7-10H2,(H,24,25,26,27). The van der Waals surface area contributed by atoms with Crippen LogP contribution < -0.4 is 10.2 Å². The maximum Gasteiger partial charge on any atom is 0.433 e. The molecule has 150 valence electrons. The molecule has 2 bridgehead atoms. The lowest BCUT2D eigenvalue weighted by Gasteiger charge is -2.27. The van der Waals surface area contributed by atoms with E-state index in [4.69, 9.17) is 4.74 Å². The van der Waals surface area contributed by atoms with Crippen molar-refractivity contribution in [3.05, 3.63) is 47.9 Å². The van der Waals surface area contributed by atoms with E-state index in [1.165, 1.54) is 12.1 Å².